The molecule has 0 fully saturated rings. The summed E-state index contributed by atoms with van der Waals surface area (Å²) in [4.78, 5) is 29.2. The third-order valence-electron chi connectivity index (χ3n) is 5.31. The van der Waals surface area contributed by atoms with E-state index in [1.807, 2.05) is 24.3 Å². The van der Waals surface area contributed by atoms with Crippen molar-refractivity contribution in [3.8, 4) is 22.5 Å². The number of hydrogen-bond donors (Lipinski definition) is 1. The van der Waals surface area contributed by atoms with E-state index in [1.54, 1.807) is 40.9 Å². The van der Waals surface area contributed by atoms with Crippen LogP contribution in [-0.2, 0) is 6.54 Å². The number of amides is 1. The molecule has 0 radical (unpaired) electrons. The number of carbonyl (C=O) groups is 1. The quantitative estimate of drug-likeness (QED) is 0.425. The normalized spacial score (nSPS) is 11.2. The van der Waals surface area contributed by atoms with Crippen LogP contribution in [0.1, 0.15) is 36.5 Å². The Kier molecular flexibility index (Phi) is 5.91. The van der Waals surface area contributed by atoms with Crippen LogP contribution in [0, 0.1) is 0 Å². The number of aryl methyl sites for hydroxylation is 1. The van der Waals surface area contributed by atoms with Crippen LogP contribution in [0.15, 0.2) is 65.6 Å². The molecule has 2 N–H and O–H groups in total. The van der Waals surface area contributed by atoms with Gasteiger partial charge in [0.25, 0.3) is 5.56 Å². The van der Waals surface area contributed by atoms with Crippen LogP contribution in [0.5, 0.6) is 0 Å². The summed E-state index contributed by atoms with van der Waals surface area (Å²) in [6, 6.07) is 16.0. The van der Waals surface area contributed by atoms with Gasteiger partial charge in [0.05, 0.1) is 11.4 Å². The SMILES string of the molecule is CCCCCn1c(-c2ccc(C(N)=O)cc2)cc(=O)n2cc(-c3ccc(Cl)cc3)nc12. The topological polar surface area (TPSA) is 82.4 Å². The number of nitrogens with two attached hydrogens (primary N) is 1. The molecule has 2 aromatic heterocycles. The van der Waals surface area contributed by atoms with Crippen molar-refractivity contribution in [2.75, 3.05) is 0 Å². The lowest BCUT2D eigenvalue weighted by molar-refractivity contribution is 0.100. The minimum atomic E-state index is -0.483. The molecule has 0 saturated heterocycles. The molecule has 1 amide bonds. The fraction of sp³-hybridized carbons (Fsp3) is 0.208. The molecule has 2 heterocycles. The largest absolute Gasteiger partial charge is 0.366 e. The highest BCUT2D eigenvalue weighted by molar-refractivity contribution is 6.30. The first-order valence-corrected chi connectivity index (χ1v) is 10.6. The van der Waals surface area contributed by atoms with Crippen LogP contribution in [-0.4, -0.2) is 19.9 Å². The first kappa shape index (κ1) is 20.9. The van der Waals surface area contributed by atoms with Gasteiger partial charge < -0.3 is 10.3 Å². The van der Waals surface area contributed by atoms with E-state index in [4.69, 9.17) is 22.3 Å². The van der Waals surface area contributed by atoms with Crippen molar-refractivity contribution >= 4 is 23.3 Å². The molecule has 4 aromatic rings. The lowest BCUT2D eigenvalue weighted by Gasteiger charge is -2.15. The van der Waals surface area contributed by atoms with Crippen LogP contribution >= 0.6 is 11.6 Å². The number of carbonyl (C=O) groups excluding carboxylic acids is 1. The summed E-state index contributed by atoms with van der Waals surface area (Å²) < 4.78 is 3.65. The third-order valence-corrected chi connectivity index (χ3v) is 5.56. The van der Waals surface area contributed by atoms with Gasteiger partial charge in [0, 0.05) is 35.0 Å². The van der Waals surface area contributed by atoms with E-state index in [1.165, 1.54) is 0 Å². The van der Waals surface area contributed by atoms with Crippen LogP contribution in [0.2, 0.25) is 5.02 Å². The fourth-order valence-corrected chi connectivity index (χ4v) is 3.77. The third kappa shape index (κ3) is 4.25. The number of fused-ring (bicyclic) bond motifs is 1. The van der Waals surface area contributed by atoms with E-state index < -0.39 is 5.91 Å². The zero-order valence-corrected chi connectivity index (χ0v) is 18.0. The Hall–Kier alpha value is -3.38. The Morgan fingerprint density at radius 1 is 1.03 bits per heavy atom. The molecule has 4 rings (SSSR count). The summed E-state index contributed by atoms with van der Waals surface area (Å²) >= 11 is 6.01. The molecular formula is C24H23ClN4O2. The van der Waals surface area contributed by atoms with Crippen molar-refractivity contribution < 1.29 is 4.79 Å². The molecular weight excluding hydrogens is 412 g/mol. The van der Waals surface area contributed by atoms with Gasteiger partial charge in [-0.15, -0.1) is 0 Å². The fourth-order valence-electron chi connectivity index (χ4n) is 3.64. The second-order valence-corrected chi connectivity index (χ2v) is 7.91. The maximum absolute atomic E-state index is 12.9. The van der Waals surface area contributed by atoms with Crippen molar-refractivity contribution in [3.63, 3.8) is 0 Å². The molecule has 6 nitrogen and oxygen atoms in total. The smallest absolute Gasteiger partial charge is 0.259 e. The lowest BCUT2D eigenvalue weighted by Crippen LogP contribution is -2.19. The Morgan fingerprint density at radius 3 is 2.35 bits per heavy atom. The van der Waals surface area contributed by atoms with Gasteiger partial charge in [-0.05, 0) is 36.2 Å². The molecule has 0 unspecified atom stereocenters. The lowest BCUT2D eigenvalue weighted by atomic mass is 10.1. The van der Waals surface area contributed by atoms with Gasteiger partial charge in [0.2, 0.25) is 11.7 Å². The van der Waals surface area contributed by atoms with E-state index in [0.717, 1.165) is 42.6 Å². The Morgan fingerprint density at radius 2 is 1.71 bits per heavy atom. The number of aromatic nitrogens is 3. The molecule has 31 heavy (non-hydrogen) atoms. The zero-order valence-electron chi connectivity index (χ0n) is 17.2. The summed E-state index contributed by atoms with van der Waals surface area (Å²) in [7, 11) is 0. The summed E-state index contributed by atoms with van der Waals surface area (Å²) in [6.07, 6.45) is 4.88. The van der Waals surface area contributed by atoms with E-state index >= 15 is 0 Å². The maximum Gasteiger partial charge on any atom is 0.259 e. The first-order valence-electron chi connectivity index (χ1n) is 10.3. The minimum Gasteiger partial charge on any atom is -0.366 e. The molecule has 2 aromatic carbocycles. The van der Waals surface area contributed by atoms with Crippen LogP contribution in [0.4, 0.5) is 0 Å². The van der Waals surface area contributed by atoms with Gasteiger partial charge in [-0.25, -0.2) is 4.98 Å². The molecule has 0 atom stereocenters. The Bertz CT molecular complexity index is 1290. The van der Waals surface area contributed by atoms with Crippen molar-refractivity contribution in [1.82, 2.24) is 14.0 Å². The van der Waals surface area contributed by atoms with Crippen LogP contribution < -0.4 is 11.3 Å². The number of imidazole rings is 1. The number of halogens is 1. The van der Waals surface area contributed by atoms with Gasteiger partial charge >= 0.3 is 0 Å². The molecule has 0 aliphatic carbocycles. The predicted octanol–water partition coefficient (Wildman–Crippen LogP) is 4.77. The van der Waals surface area contributed by atoms with Gasteiger partial charge in [-0.1, -0.05) is 55.6 Å². The number of nitrogens with zero attached hydrogens (tertiary/aromatic N) is 3. The first-order chi connectivity index (χ1) is 15.0. The van der Waals surface area contributed by atoms with E-state index in [2.05, 4.69) is 11.5 Å². The predicted molar refractivity (Wildman–Crippen MR) is 123 cm³/mol. The highest BCUT2D eigenvalue weighted by Crippen LogP contribution is 2.25. The number of benzene rings is 2. The molecule has 158 valence electrons. The second-order valence-electron chi connectivity index (χ2n) is 7.47. The van der Waals surface area contributed by atoms with Gasteiger partial charge in [-0.3, -0.25) is 14.0 Å². The van der Waals surface area contributed by atoms with Crippen molar-refractivity contribution in [2.24, 2.45) is 5.73 Å². The highest BCUT2D eigenvalue weighted by atomic mass is 35.5. The van der Waals surface area contributed by atoms with Gasteiger partial charge in [0.15, 0.2) is 0 Å². The van der Waals surface area contributed by atoms with Crippen molar-refractivity contribution in [3.05, 3.63) is 81.7 Å². The van der Waals surface area contributed by atoms with Crippen molar-refractivity contribution in [2.45, 2.75) is 32.7 Å². The molecule has 7 heteroatoms. The number of primary amides is 1. The van der Waals surface area contributed by atoms with E-state index in [-0.39, 0.29) is 5.56 Å². The monoisotopic (exact) mass is 434 g/mol. The van der Waals surface area contributed by atoms with Crippen molar-refractivity contribution in [1.29, 1.82) is 0 Å². The van der Waals surface area contributed by atoms with Crippen LogP contribution in [0.3, 0.4) is 0 Å². The Labute approximate surface area is 184 Å². The number of hydrogen-bond acceptors (Lipinski definition) is 3. The average molecular weight is 435 g/mol. The van der Waals surface area contributed by atoms with E-state index in [9.17, 15) is 9.59 Å². The molecule has 0 aliphatic rings. The molecule has 0 spiro atoms. The van der Waals surface area contributed by atoms with E-state index in [0.29, 0.717) is 22.1 Å². The highest BCUT2D eigenvalue weighted by Gasteiger charge is 2.15. The van der Waals surface area contributed by atoms with Gasteiger partial charge in [0.1, 0.15) is 0 Å². The molecule has 0 aliphatic heterocycles. The van der Waals surface area contributed by atoms with Gasteiger partial charge in [-0.2, -0.15) is 0 Å². The summed E-state index contributed by atoms with van der Waals surface area (Å²) in [6.45, 7) is 2.88. The Balaban J connectivity index is 1.88. The maximum atomic E-state index is 12.9. The zero-order chi connectivity index (χ0) is 22.0. The summed E-state index contributed by atoms with van der Waals surface area (Å²) in [5.41, 5.74) is 8.82. The van der Waals surface area contributed by atoms with Crippen LogP contribution in [0.25, 0.3) is 28.3 Å². The minimum absolute atomic E-state index is 0.163. The molecule has 0 bridgehead atoms. The average Bonchev–Trinajstić information content (AvgIpc) is 3.22. The second kappa shape index (κ2) is 8.78. The standard InChI is InChI=1S/C24H23ClN4O2/c1-2-3-4-13-28-21(17-5-7-18(8-6-17)23(26)31)14-22(30)29-15-20(27-24(28)29)16-9-11-19(25)12-10-16/h5-12,14-15H,2-4,13H2,1H3,(H2,26,31). The molecule has 0 saturated carbocycles. The number of unbranched alkanes of at least 4 members (excludes halogenated alkanes) is 2. The summed E-state index contributed by atoms with van der Waals surface area (Å²) in [5, 5.41) is 0.647. The summed E-state index contributed by atoms with van der Waals surface area (Å²) in [5.74, 6) is 0.103. The number of rotatable bonds is 7.